The first-order valence-electron chi connectivity index (χ1n) is 10.7. The molecule has 1 aromatic heterocycles. The Kier molecular flexibility index (Phi) is 6.77. The van der Waals surface area contributed by atoms with Gasteiger partial charge in [-0.2, -0.15) is 0 Å². The number of nitrogens with zero attached hydrogens (tertiary/aromatic N) is 2. The van der Waals surface area contributed by atoms with Crippen molar-refractivity contribution in [3.8, 4) is 11.3 Å². The number of carbonyl (C=O) groups excluding carboxylic acids is 2. The molecule has 1 saturated heterocycles. The fourth-order valence-corrected chi connectivity index (χ4v) is 4.74. The van der Waals surface area contributed by atoms with Gasteiger partial charge < -0.3 is 15.6 Å². The molecule has 1 aliphatic heterocycles. The second-order valence-electron chi connectivity index (χ2n) is 8.27. The van der Waals surface area contributed by atoms with E-state index in [4.69, 9.17) is 5.73 Å². The number of nitrogens with one attached hydrogen (secondary N) is 1. The second-order valence-corrected chi connectivity index (χ2v) is 9.12. The summed E-state index contributed by atoms with van der Waals surface area (Å²) in [5.41, 5.74) is 9.96. The minimum Gasteiger partial charge on any atom is -0.369 e. The summed E-state index contributed by atoms with van der Waals surface area (Å²) in [4.78, 5) is 26.6. The number of piperidine rings is 1. The average Bonchev–Trinajstić information content (AvgIpc) is 3.17. The van der Waals surface area contributed by atoms with Gasteiger partial charge in [-0.1, -0.05) is 46.3 Å². The third kappa shape index (κ3) is 4.95. The maximum Gasteiger partial charge on any atom is 0.272 e. The minimum atomic E-state index is -0.212. The maximum atomic E-state index is 12.9. The van der Waals surface area contributed by atoms with Crippen LogP contribution in [-0.2, 0) is 18.4 Å². The SMILES string of the molecule is Cn1c(C(=O)Nc2ccc(CN3CCCC(C(N)=O)C3)cc2)ccc1-c1ccccc1Br. The third-order valence-electron chi connectivity index (χ3n) is 6.03. The van der Waals surface area contributed by atoms with Crippen LogP contribution in [0.5, 0.6) is 0 Å². The van der Waals surface area contributed by atoms with E-state index in [1.807, 2.05) is 72.3 Å². The minimum absolute atomic E-state index is 0.0611. The molecule has 4 rings (SSSR count). The van der Waals surface area contributed by atoms with Crippen LogP contribution in [-0.4, -0.2) is 34.4 Å². The molecule has 3 aromatic rings. The van der Waals surface area contributed by atoms with Crippen molar-refractivity contribution in [2.45, 2.75) is 19.4 Å². The molecule has 0 spiro atoms. The Morgan fingerprint density at radius 3 is 2.56 bits per heavy atom. The van der Waals surface area contributed by atoms with Gasteiger partial charge in [-0.25, -0.2) is 0 Å². The summed E-state index contributed by atoms with van der Waals surface area (Å²) in [6.45, 7) is 2.45. The summed E-state index contributed by atoms with van der Waals surface area (Å²) < 4.78 is 2.88. The van der Waals surface area contributed by atoms with Crippen LogP contribution in [0.25, 0.3) is 11.3 Å². The third-order valence-corrected chi connectivity index (χ3v) is 6.72. The van der Waals surface area contributed by atoms with Crippen LogP contribution < -0.4 is 11.1 Å². The van der Waals surface area contributed by atoms with Crippen molar-refractivity contribution in [3.05, 3.63) is 76.4 Å². The summed E-state index contributed by atoms with van der Waals surface area (Å²) in [7, 11) is 1.89. The Morgan fingerprint density at radius 1 is 1.09 bits per heavy atom. The number of amides is 2. The standard InChI is InChI=1S/C25H27BrN4O2/c1-29-22(20-6-2-3-7-21(20)26)12-13-23(29)25(32)28-19-10-8-17(9-11-19)15-30-14-4-5-18(16-30)24(27)31/h2-3,6-13,18H,4-5,14-16H2,1H3,(H2,27,31)(H,28,32). The molecule has 7 heteroatoms. The molecule has 166 valence electrons. The highest BCUT2D eigenvalue weighted by atomic mass is 79.9. The predicted octanol–water partition coefficient (Wildman–Crippen LogP) is 4.40. The predicted molar refractivity (Wildman–Crippen MR) is 130 cm³/mol. The van der Waals surface area contributed by atoms with Crippen LogP contribution >= 0.6 is 15.9 Å². The maximum absolute atomic E-state index is 12.9. The number of halogens is 1. The van der Waals surface area contributed by atoms with E-state index < -0.39 is 0 Å². The van der Waals surface area contributed by atoms with Crippen molar-refractivity contribution in [1.29, 1.82) is 0 Å². The van der Waals surface area contributed by atoms with Crippen molar-refractivity contribution in [1.82, 2.24) is 9.47 Å². The van der Waals surface area contributed by atoms with Gasteiger partial charge in [0.2, 0.25) is 5.91 Å². The number of rotatable bonds is 6. The lowest BCUT2D eigenvalue weighted by molar-refractivity contribution is -0.123. The topological polar surface area (TPSA) is 80.4 Å². The van der Waals surface area contributed by atoms with Gasteiger partial charge in [0.25, 0.3) is 5.91 Å². The molecule has 0 aliphatic carbocycles. The molecule has 1 fully saturated rings. The van der Waals surface area contributed by atoms with E-state index in [9.17, 15) is 9.59 Å². The Morgan fingerprint density at radius 2 is 1.84 bits per heavy atom. The molecule has 3 N–H and O–H groups in total. The number of nitrogens with two attached hydrogens (primary N) is 1. The Labute approximate surface area is 196 Å². The van der Waals surface area contributed by atoms with E-state index in [1.165, 1.54) is 0 Å². The number of benzene rings is 2. The smallest absolute Gasteiger partial charge is 0.272 e. The van der Waals surface area contributed by atoms with Crippen LogP contribution in [0.3, 0.4) is 0 Å². The molecule has 2 heterocycles. The van der Waals surface area contributed by atoms with E-state index in [-0.39, 0.29) is 17.7 Å². The fourth-order valence-electron chi connectivity index (χ4n) is 4.26. The lowest BCUT2D eigenvalue weighted by Gasteiger charge is -2.31. The zero-order chi connectivity index (χ0) is 22.7. The molecule has 0 bridgehead atoms. The number of aromatic nitrogens is 1. The first-order chi connectivity index (χ1) is 15.4. The van der Waals surface area contributed by atoms with Gasteiger partial charge in [0.05, 0.1) is 5.92 Å². The number of anilines is 1. The molecule has 1 aliphatic rings. The van der Waals surface area contributed by atoms with Crippen molar-refractivity contribution >= 4 is 33.4 Å². The number of likely N-dealkylation sites (tertiary alicyclic amines) is 1. The lowest BCUT2D eigenvalue weighted by atomic mass is 9.97. The number of carbonyl (C=O) groups is 2. The fraction of sp³-hybridized carbons (Fsp3) is 0.280. The molecule has 2 amide bonds. The quantitative estimate of drug-likeness (QED) is 0.532. The summed E-state index contributed by atoms with van der Waals surface area (Å²) in [6.07, 6.45) is 1.86. The van der Waals surface area contributed by atoms with Crippen molar-refractivity contribution < 1.29 is 9.59 Å². The van der Waals surface area contributed by atoms with Gasteiger partial charge in [-0.3, -0.25) is 14.5 Å². The summed E-state index contributed by atoms with van der Waals surface area (Å²) in [5.74, 6) is -0.427. The molecule has 6 nitrogen and oxygen atoms in total. The molecule has 32 heavy (non-hydrogen) atoms. The van der Waals surface area contributed by atoms with Gasteiger partial charge in [0.15, 0.2) is 0 Å². The Hall–Kier alpha value is -2.90. The van der Waals surface area contributed by atoms with Gasteiger partial charge >= 0.3 is 0 Å². The van der Waals surface area contributed by atoms with E-state index >= 15 is 0 Å². The Balaban J connectivity index is 1.40. The highest BCUT2D eigenvalue weighted by molar-refractivity contribution is 9.10. The largest absolute Gasteiger partial charge is 0.369 e. The van der Waals surface area contributed by atoms with Crippen molar-refractivity contribution in [2.24, 2.45) is 18.7 Å². The van der Waals surface area contributed by atoms with Gasteiger partial charge in [-0.05, 0) is 55.3 Å². The molecule has 0 saturated carbocycles. The zero-order valence-corrected chi connectivity index (χ0v) is 19.6. The van der Waals surface area contributed by atoms with E-state index in [2.05, 4.69) is 26.1 Å². The molecular formula is C25H27BrN4O2. The lowest BCUT2D eigenvalue weighted by Crippen LogP contribution is -2.40. The van der Waals surface area contributed by atoms with E-state index in [0.717, 1.165) is 52.9 Å². The molecule has 1 atom stereocenters. The van der Waals surface area contributed by atoms with Gasteiger partial charge in [-0.15, -0.1) is 0 Å². The van der Waals surface area contributed by atoms with Crippen LogP contribution in [0.4, 0.5) is 5.69 Å². The van der Waals surface area contributed by atoms with Crippen molar-refractivity contribution in [2.75, 3.05) is 18.4 Å². The highest BCUT2D eigenvalue weighted by Crippen LogP contribution is 2.29. The summed E-state index contributed by atoms with van der Waals surface area (Å²) >= 11 is 3.58. The molecule has 1 unspecified atom stereocenters. The molecule has 2 aromatic carbocycles. The van der Waals surface area contributed by atoms with Crippen LogP contribution in [0, 0.1) is 5.92 Å². The summed E-state index contributed by atoms with van der Waals surface area (Å²) in [5, 5.41) is 2.99. The second kappa shape index (κ2) is 9.71. The molecule has 0 radical (unpaired) electrons. The van der Waals surface area contributed by atoms with Crippen LogP contribution in [0.2, 0.25) is 0 Å². The van der Waals surface area contributed by atoms with Crippen LogP contribution in [0.15, 0.2) is 65.1 Å². The van der Waals surface area contributed by atoms with Gasteiger partial charge in [0, 0.05) is 41.6 Å². The van der Waals surface area contributed by atoms with E-state index in [1.54, 1.807) is 0 Å². The highest BCUT2D eigenvalue weighted by Gasteiger charge is 2.23. The normalized spacial score (nSPS) is 16.6. The number of hydrogen-bond acceptors (Lipinski definition) is 3. The van der Waals surface area contributed by atoms with Gasteiger partial charge in [0.1, 0.15) is 5.69 Å². The first-order valence-corrected chi connectivity index (χ1v) is 11.5. The first kappa shape index (κ1) is 22.3. The number of hydrogen-bond donors (Lipinski definition) is 2. The Bertz CT molecular complexity index is 1120. The van der Waals surface area contributed by atoms with E-state index in [0.29, 0.717) is 12.2 Å². The van der Waals surface area contributed by atoms with Crippen molar-refractivity contribution in [3.63, 3.8) is 0 Å². The summed E-state index contributed by atoms with van der Waals surface area (Å²) in [6, 6.07) is 19.6. The average molecular weight is 495 g/mol. The van der Waals surface area contributed by atoms with Crippen LogP contribution in [0.1, 0.15) is 28.9 Å². The monoisotopic (exact) mass is 494 g/mol. The zero-order valence-electron chi connectivity index (χ0n) is 18.1. The number of primary amides is 1. The molecular weight excluding hydrogens is 468 g/mol.